The Bertz CT molecular complexity index is 702. The minimum Gasteiger partial charge on any atom is -0.444 e. The second-order valence-electron chi connectivity index (χ2n) is 7.12. The number of benzene rings is 1. The van der Waals surface area contributed by atoms with E-state index >= 15 is 0 Å². The molecule has 26 heavy (non-hydrogen) atoms. The fourth-order valence-corrected chi connectivity index (χ4v) is 3.26. The van der Waals surface area contributed by atoms with Crippen LogP contribution in [0.2, 0.25) is 0 Å². The van der Waals surface area contributed by atoms with Gasteiger partial charge in [-0.3, -0.25) is 14.5 Å². The van der Waals surface area contributed by atoms with Crippen LogP contribution in [-0.2, 0) is 14.3 Å². The molecule has 1 aromatic rings. The van der Waals surface area contributed by atoms with Crippen molar-refractivity contribution in [1.29, 1.82) is 0 Å². The van der Waals surface area contributed by atoms with Crippen LogP contribution in [0.3, 0.4) is 0 Å². The zero-order valence-electron chi connectivity index (χ0n) is 15.7. The van der Waals surface area contributed by atoms with Crippen molar-refractivity contribution in [3.05, 3.63) is 24.3 Å². The average molecular weight is 379 g/mol. The van der Waals surface area contributed by atoms with E-state index in [1.807, 2.05) is 24.3 Å². The Labute approximate surface area is 157 Å². The van der Waals surface area contributed by atoms with Gasteiger partial charge in [-0.15, -0.1) is 11.8 Å². The molecule has 3 amide bonds. The first-order valence-corrected chi connectivity index (χ1v) is 9.36. The molecule has 7 nitrogen and oxygen atoms in total. The van der Waals surface area contributed by atoms with Crippen LogP contribution in [0.15, 0.2) is 29.2 Å². The maximum absolute atomic E-state index is 12.5. The molecule has 0 bridgehead atoms. The number of nitrogens with zero attached hydrogens (tertiary/aromatic N) is 1. The number of amides is 3. The van der Waals surface area contributed by atoms with Crippen molar-refractivity contribution < 1.29 is 19.1 Å². The number of para-hydroxylation sites is 1. The molecule has 0 fully saturated rings. The Morgan fingerprint density at radius 3 is 2.65 bits per heavy atom. The van der Waals surface area contributed by atoms with Crippen LogP contribution in [-0.4, -0.2) is 53.3 Å². The van der Waals surface area contributed by atoms with E-state index in [9.17, 15) is 14.4 Å². The topological polar surface area (TPSA) is 87.7 Å². The third-order valence-electron chi connectivity index (χ3n) is 3.83. The van der Waals surface area contributed by atoms with Gasteiger partial charge >= 0.3 is 6.09 Å². The minimum absolute atomic E-state index is 0.275. The summed E-state index contributed by atoms with van der Waals surface area (Å²) in [5, 5.41) is 5.54. The number of carbonyl (C=O) groups excluding carboxylic acids is 3. The van der Waals surface area contributed by atoms with Crippen LogP contribution in [0, 0.1) is 0 Å². The van der Waals surface area contributed by atoms with E-state index in [2.05, 4.69) is 10.6 Å². The lowest BCUT2D eigenvalue weighted by Crippen LogP contribution is -2.53. The second-order valence-corrected chi connectivity index (χ2v) is 8.19. The summed E-state index contributed by atoms with van der Waals surface area (Å²) in [6, 6.07) is 6.03. The first kappa shape index (κ1) is 20.1. The van der Waals surface area contributed by atoms with Crippen molar-refractivity contribution in [1.82, 2.24) is 10.2 Å². The maximum Gasteiger partial charge on any atom is 0.410 e. The normalized spacial score (nSPS) is 18.0. The zero-order valence-corrected chi connectivity index (χ0v) is 16.5. The van der Waals surface area contributed by atoms with Crippen LogP contribution in [0.5, 0.6) is 0 Å². The van der Waals surface area contributed by atoms with Crippen molar-refractivity contribution in [2.45, 2.75) is 50.3 Å². The molecule has 1 aromatic carbocycles. The van der Waals surface area contributed by atoms with Gasteiger partial charge in [0.2, 0.25) is 11.8 Å². The molecule has 0 saturated carbocycles. The molecule has 0 aliphatic carbocycles. The lowest BCUT2D eigenvalue weighted by molar-refractivity contribution is -0.129. The number of likely N-dealkylation sites (N-methyl/N-ethyl adjacent to an activating group) is 1. The highest BCUT2D eigenvalue weighted by molar-refractivity contribution is 7.99. The first-order chi connectivity index (χ1) is 12.1. The predicted molar refractivity (Wildman–Crippen MR) is 101 cm³/mol. The number of hydrogen-bond acceptors (Lipinski definition) is 5. The summed E-state index contributed by atoms with van der Waals surface area (Å²) < 4.78 is 5.27. The van der Waals surface area contributed by atoms with Gasteiger partial charge < -0.3 is 15.4 Å². The van der Waals surface area contributed by atoms with Gasteiger partial charge in [-0.05, 0) is 39.8 Å². The van der Waals surface area contributed by atoms with Crippen molar-refractivity contribution >= 4 is 35.4 Å². The highest BCUT2D eigenvalue weighted by Crippen LogP contribution is 2.30. The summed E-state index contributed by atoms with van der Waals surface area (Å²) >= 11 is 1.49. The van der Waals surface area contributed by atoms with Crippen molar-refractivity contribution in [2.24, 2.45) is 0 Å². The molecule has 1 aliphatic heterocycles. The van der Waals surface area contributed by atoms with E-state index in [0.717, 1.165) is 10.6 Å². The number of hydrogen-bond donors (Lipinski definition) is 2. The summed E-state index contributed by atoms with van der Waals surface area (Å²) in [6.07, 6.45) is -0.591. The molecule has 0 radical (unpaired) electrons. The fourth-order valence-electron chi connectivity index (χ4n) is 2.23. The monoisotopic (exact) mass is 379 g/mol. The number of ether oxygens (including phenoxy) is 1. The van der Waals surface area contributed by atoms with Crippen molar-refractivity contribution in [3.8, 4) is 0 Å². The molecule has 2 rings (SSSR count). The number of anilines is 1. The molecule has 2 N–H and O–H groups in total. The highest BCUT2D eigenvalue weighted by Gasteiger charge is 2.31. The molecule has 1 unspecified atom stereocenters. The van der Waals surface area contributed by atoms with E-state index in [-0.39, 0.29) is 5.91 Å². The molecule has 0 spiro atoms. The van der Waals surface area contributed by atoms with E-state index in [0.29, 0.717) is 5.75 Å². The quantitative estimate of drug-likeness (QED) is 0.842. The predicted octanol–water partition coefficient (Wildman–Crippen LogP) is 2.47. The van der Waals surface area contributed by atoms with E-state index in [1.54, 1.807) is 27.7 Å². The Balaban J connectivity index is 1.98. The van der Waals surface area contributed by atoms with Gasteiger partial charge in [0.05, 0.1) is 5.69 Å². The van der Waals surface area contributed by atoms with Gasteiger partial charge in [0.15, 0.2) is 0 Å². The molecule has 0 saturated heterocycles. The standard InChI is InChI=1S/C18H25N3O4S/c1-11(21(5)17(24)25-18(2,3)4)15(22)20-13-10-26-14-9-7-6-8-12(14)19-16(13)23/h6-9,11,13H,10H2,1-5H3,(H,19,23)(H,20,22)/t11-,13?/m0/s1. The largest absolute Gasteiger partial charge is 0.444 e. The zero-order chi connectivity index (χ0) is 19.5. The highest BCUT2D eigenvalue weighted by atomic mass is 32.2. The van der Waals surface area contributed by atoms with E-state index < -0.39 is 29.7 Å². The Morgan fingerprint density at radius 2 is 2.00 bits per heavy atom. The smallest absolute Gasteiger partial charge is 0.410 e. The number of carbonyl (C=O) groups is 3. The third-order valence-corrected chi connectivity index (χ3v) is 4.99. The van der Waals surface area contributed by atoms with Gasteiger partial charge in [0, 0.05) is 17.7 Å². The number of fused-ring (bicyclic) bond motifs is 1. The Hall–Kier alpha value is -2.22. The van der Waals surface area contributed by atoms with Gasteiger partial charge in [0.1, 0.15) is 17.7 Å². The molecule has 142 valence electrons. The SMILES string of the molecule is C[C@@H](C(=O)NC1CSc2ccccc2NC1=O)N(C)C(=O)OC(C)(C)C. The summed E-state index contributed by atoms with van der Waals surface area (Å²) in [7, 11) is 1.50. The van der Waals surface area contributed by atoms with Crippen LogP contribution >= 0.6 is 11.8 Å². The second kappa shape index (κ2) is 7.99. The number of rotatable bonds is 3. The van der Waals surface area contributed by atoms with E-state index in [4.69, 9.17) is 4.74 Å². The van der Waals surface area contributed by atoms with Gasteiger partial charge in [-0.1, -0.05) is 12.1 Å². The third kappa shape index (κ3) is 5.14. The molecule has 2 atom stereocenters. The van der Waals surface area contributed by atoms with Gasteiger partial charge in [0.25, 0.3) is 0 Å². The number of thioether (sulfide) groups is 1. The van der Waals surface area contributed by atoms with Crippen LogP contribution < -0.4 is 10.6 Å². The molecule has 8 heteroatoms. The summed E-state index contributed by atoms with van der Waals surface area (Å²) in [4.78, 5) is 39.2. The molecular weight excluding hydrogens is 354 g/mol. The van der Waals surface area contributed by atoms with Gasteiger partial charge in [-0.2, -0.15) is 0 Å². The molecular formula is C18H25N3O4S. The lowest BCUT2D eigenvalue weighted by Gasteiger charge is -2.28. The number of nitrogens with one attached hydrogen (secondary N) is 2. The van der Waals surface area contributed by atoms with Crippen LogP contribution in [0.25, 0.3) is 0 Å². The molecule has 1 heterocycles. The molecule has 0 aromatic heterocycles. The fraction of sp³-hybridized carbons (Fsp3) is 0.500. The average Bonchev–Trinajstić information content (AvgIpc) is 2.71. The Morgan fingerprint density at radius 1 is 1.35 bits per heavy atom. The molecule has 1 aliphatic rings. The van der Waals surface area contributed by atoms with Crippen LogP contribution in [0.4, 0.5) is 10.5 Å². The van der Waals surface area contributed by atoms with Crippen molar-refractivity contribution in [3.63, 3.8) is 0 Å². The summed E-state index contributed by atoms with van der Waals surface area (Å²) in [5.41, 5.74) is 0.0867. The lowest BCUT2D eigenvalue weighted by atomic mass is 10.2. The Kier molecular flexibility index (Phi) is 6.17. The first-order valence-electron chi connectivity index (χ1n) is 8.37. The van der Waals surface area contributed by atoms with E-state index in [1.165, 1.54) is 23.7 Å². The van der Waals surface area contributed by atoms with Crippen LogP contribution in [0.1, 0.15) is 27.7 Å². The minimum atomic E-state index is -0.770. The van der Waals surface area contributed by atoms with Crippen molar-refractivity contribution in [2.75, 3.05) is 18.1 Å². The summed E-state index contributed by atoms with van der Waals surface area (Å²) in [5.74, 6) is -0.273. The maximum atomic E-state index is 12.5. The van der Waals surface area contributed by atoms with Gasteiger partial charge in [-0.25, -0.2) is 4.79 Å². The summed E-state index contributed by atoms with van der Waals surface area (Å²) in [6.45, 7) is 6.87.